The molecule has 0 unspecified atom stereocenters. The zero-order valence-electron chi connectivity index (χ0n) is 16.7. The first-order valence-electron chi connectivity index (χ1n) is 8.87. The lowest BCUT2D eigenvalue weighted by Crippen LogP contribution is -2.64. The number of rotatable bonds is 8. The van der Waals surface area contributed by atoms with Gasteiger partial charge in [0.25, 0.3) is 5.60 Å². The standard InChI is InChI=1S/C22H21ClO7/c1-27-19-10-4-16(5-11-19)22(30-23(24,25)26,17-6-12-20(28-2)13-7-17)18-8-14-21(29-3)15-9-18/h4-15H,1-3H3. The van der Waals surface area contributed by atoms with Crippen LogP contribution in [0.15, 0.2) is 72.8 Å². The van der Waals surface area contributed by atoms with Crippen LogP contribution in [0.4, 0.5) is 0 Å². The first-order valence-corrected chi connectivity index (χ1v) is 10.1. The van der Waals surface area contributed by atoms with Crippen LogP contribution in [-0.4, -0.2) is 21.3 Å². The minimum Gasteiger partial charge on any atom is -0.497 e. The summed E-state index contributed by atoms with van der Waals surface area (Å²) in [6.45, 7) is 0. The van der Waals surface area contributed by atoms with Gasteiger partial charge in [0, 0.05) is 16.7 Å². The molecule has 0 heterocycles. The zero-order valence-corrected chi connectivity index (χ0v) is 17.4. The highest BCUT2D eigenvalue weighted by molar-refractivity contribution is 5.50. The number of halogens is 1. The fraction of sp³-hybridized carbons (Fsp3) is 0.182. The largest absolute Gasteiger partial charge is 0.497 e. The zero-order chi connectivity index (χ0) is 21.8. The van der Waals surface area contributed by atoms with E-state index in [0.29, 0.717) is 33.9 Å². The van der Waals surface area contributed by atoms with E-state index in [0.717, 1.165) is 0 Å². The Bertz CT molecular complexity index is 833. The molecule has 0 bridgehead atoms. The quantitative estimate of drug-likeness (QED) is 0.487. The van der Waals surface area contributed by atoms with Crippen molar-refractivity contribution in [3.8, 4) is 17.2 Å². The topological polar surface area (TPSA) is 106 Å². The van der Waals surface area contributed by atoms with Crippen molar-refractivity contribution in [3.63, 3.8) is 0 Å². The number of methoxy groups -OCH3 is 3. The first kappa shape index (κ1) is 21.9. The molecular weight excluding hydrogens is 412 g/mol. The molecule has 0 N–H and O–H groups in total. The normalized spacial score (nSPS) is 11.8. The molecule has 0 radical (unpaired) electrons. The molecule has 3 aromatic rings. The second-order valence-electron chi connectivity index (χ2n) is 6.32. The first-order chi connectivity index (χ1) is 14.3. The molecule has 0 amide bonds. The monoisotopic (exact) mass is 432 g/mol. The fourth-order valence-electron chi connectivity index (χ4n) is 3.25. The summed E-state index contributed by atoms with van der Waals surface area (Å²) in [6, 6.07) is 19.8. The lowest BCUT2D eigenvalue weighted by atomic mass is 9.80. The molecule has 0 atom stereocenters. The molecule has 30 heavy (non-hydrogen) atoms. The molecule has 0 aliphatic heterocycles. The van der Waals surface area contributed by atoms with Crippen LogP contribution in [0.5, 0.6) is 17.2 Å². The van der Waals surface area contributed by atoms with Crippen LogP contribution >= 0.6 is 0 Å². The second-order valence-corrected chi connectivity index (χ2v) is 7.23. The van der Waals surface area contributed by atoms with Gasteiger partial charge in [0.05, 0.1) is 35.9 Å². The molecule has 0 fully saturated rings. The Hall–Kier alpha value is -2.81. The maximum Gasteiger partial charge on any atom is 0.298 e. The number of ether oxygens (including phenoxy) is 3. The Morgan fingerprint density at radius 1 is 0.533 bits per heavy atom. The Labute approximate surface area is 176 Å². The molecule has 7 nitrogen and oxygen atoms in total. The van der Waals surface area contributed by atoms with E-state index in [9.17, 15) is 14.0 Å². The van der Waals surface area contributed by atoms with Crippen molar-refractivity contribution < 1.29 is 42.7 Å². The summed E-state index contributed by atoms with van der Waals surface area (Å²) in [6.07, 6.45) is 0. The van der Waals surface area contributed by atoms with E-state index in [1.165, 1.54) is 21.3 Å². The van der Waals surface area contributed by atoms with Crippen molar-refractivity contribution in [2.75, 3.05) is 21.3 Å². The van der Waals surface area contributed by atoms with Crippen LogP contribution in [0.25, 0.3) is 0 Å². The van der Waals surface area contributed by atoms with E-state index in [1.807, 2.05) is 0 Å². The van der Waals surface area contributed by atoms with Gasteiger partial charge >= 0.3 is 0 Å². The summed E-state index contributed by atoms with van der Waals surface area (Å²) in [7, 11) is -0.240. The molecule has 8 heteroatoms. The number of benzene rings is 3. The van der Waals surface area contributed by atoms with E-state index in [2.05, 4.69) is 0 Å². The van der Waals surface area contributed by atoms with Gasteiger partial charge in [-0.3, -0.25) is 0 Å². The van der Waals surface area contributed by atoms with Crippen molar-refractivity contribution in [1.82, 2.24) is 0 Å². The lowest BCUT2D eigenvalue weighted by molar-refractivity contribution is -1.92. The molecule has 0 aromatic heterocycles. The average molecular weight is 433 g/mol. The summed E-state index contributed by atoms with van der Waals surface area (Å²) in [5, 5.41) is 0. The van der Waals surface area contributed by atoms with Gasteiger partial charge in [-0.15, -0.1) is 0 Å². The number of hydrogen-bond acceptors (Lipinski definition) is 7. The van der Waals surface area contributed by atoms with Gasteiger partial charge in [0.1, 0.15) is 17.2 Å². The van der Waals surface area contributed by atoms with Gasteiger partial charge in [-0.1, -0.05) is 36.4 Å². The fourth-order valence-corrected chi connectivity index (χ4v) is 3.80. The summed E-state index contributed by atoms with van der Waals surface area (Å²) < 4.78 is 56.4. The molecule has 0 spiro atoms. The molecule has 3 rings (SSSR count). The van der Waals surface area contributed by atoms with Gasteiger partial charge in [-0.25, -0.2) is 0 Å². The van der Waals surface area contributed by atoms with Crippen LogP contribution in [0, 0.1) is 10.2 Å². The van der Waals surface area contributed by atoms with Gasteiger partial charge in [-0.05, 0) is 36.4 Å². The van der Waals surface area contributed by atoms with Crippen molar-refractivity contribution in [2.45, 2.75) is 5.60 Å². The Morgan fingerprint density at radius 3 is 1.00 bits per heavy atom. The van der Waals surface area contributed by atoms with Gasteiger partial charge in [0.2, 0.25) is 0 Å². The Kier molecular flexibility index (Phi) is 6.50. The average Bonchev–Trinajstić information content (AvgIpc) is 2.77. The van der Waals surface area contributed by atoms with Crippen molar-refractivity contribution in [2.24, 2.45) is 0 Å². The minimum absolute atomic E-state index is 0.422. The molecule has 158 valence electrons. The molecule has 3 aromatic carbocycles. The number of hydrogen-bond donors (Lipinski definition) is 0. The van der Waals surface area contributed by atoms with E-state index < -0.39 is 15.8 Å². The van der Waals surface area contributed by atoms with Gasteiger partial charge in [0.15, 0.2) is 0 Å². The summed E-state index contributed by atoms with van der Waals surface area (Å²) in [4.78, 5) is 0. The highest BCUT2D eigenvalue weighted by atomic mass is 35.7. The van der Waals surface area contributed by atoms with E-state index >= 15 is 0 Å². The third kappa shape index (κ3) is 4.51. The highest BCUT2D eigenvalue weighted by Gasteiger charge is 2.51. The van der Waals surface area contributed by atoms with E-state index in [4.69, 9.17) is 18.5 Å². The second kappa shape index (κ2) is 8.91. The summed E-state index contributed by atoms with van der Waals surface area (Å²) in [5.74, 6) is 1.71. The van der Waals surface area contributed by atoms with E-state index in [1.54, 1.807) is 72.8 Å². The molecule has 0 saturated carbocycles. The highest BCUT2D eigenvalue weighted by Crippen LogP contribution is 2.43. The van der Waals surface area contributed by atoms with Crippen LogP contribution in [-0.2, 0) is 9.89 Å². The van der Waals surface area contributed by atoms with Crippen LogP contribution < -0.4 is 28.2 Å². The van der Waals surface area contributed by atoms with Gasteiger partial charge < -0.3 is 14.2 Å². The minimum atomic E-state index is -4.80. The van der Waals surface area contributed by atoms with Gasteiger partial charge in [-0.2, -0.15) is 14.0 Å². The summed E-state index contributed by atoms with van der Waals surface area (Å²) in [5.41, 5.74) is -0.478. The molecule has 0 saturated heterocycles. The van der Waals surface area contributed by atoms with Crippen LogP contribution in [0.2, 0.25) is 0 Å². The van der Waals surface area contributed by atoms with Crippen LogP contribution in [0.1, 0.15) is 16.7 Å². The van der Waals surface area contributed by atoms with Crippen molar-refractivity contribution >= 4 is 0 Å². The predicted octanol–water partition coefficient (Wildman–Crippen LogP) is 0.918. The third-order valence-electron chi connectivity index (χ3n) is 4.70. The lowest BCUT2D eigenvalue weighted by Gasteiger charge is -2.31. The smallest absolute Gasteiger partial charge is 0.298 e. The van der Waals surface area contributed by atoms with Crippen molar-refractivity contribution in [3.05, 3.63) is 89.5 Å². The summed E-state index contributed by atoms with van der Waals surface area (Å²) >= 11 is 0. The molecule has 0 aliphatic carbocycles. The Morgan fingerprint density at radius 2 is 0.800 bits per heavy atom. The SMILES string of the molecule is COc1ccc(C(O[Cl+3]([O-])([O-])[O-])(c2ccc(OC)cc2)c2ccc(OC)cc2)cc1. The maximum atomic E-state index is 11.9. The molecular formula is C22H21ClO7. The maximum absolute atomic E-state index is 11.9. The third-order valence-corrected chi connectivity index (χ3v) is 5.12. The van der Waals surface area contributed by atoms with Crippen LogP contribution in [0.3, 0.4) is 0 Å². The predicted molar refractivity (Wildman–Crippen MR) is 99.9 cm³/mol. The van der Waals surface area contributed by atoms with E-state index in [-0.39, 0.29) is 0 Å². The molecule has 0 aliphatic rings. The Balaban J connectivity index is 2.30. The van der Waals surface area contributed by atoms with Crippen molar-refractivity contribution in [1.29, 1.82) is 0 Å².